The second-order valence-electron chi connectivity index (χ2n) is 10.1. The number of methoxy groups -OCH3 is 2. The van der Waals surface area contributed by atoms with Crippen LogP contribution >= 0.6 is 0 Å². The van der Waals surface area contributed by atoms with Crippen molar-refractivity contribution in [1.82, 2.24) is 4.90 Å². The first-order valence-corrected chi connectivity index (χ1v) is 12.5. The van der Waals surface area contributed by atoms with E-state index in [1.807, 2.05) is 0 Å². The molecule has 0 amide bonds. The van der Waals surface area contributed by atoms with Gasteiger partial charge in [-0.1, -0.05) is 13.8 Å². The summed E-state index contributed by atoms with van der Waals surface area (Å²) in [6.45, 7) is 5.36. The second-order valence-corrected chi connectivity index (χ2v) is 10.1. The highest BCUT2D eigenvalue weighted by molar-refractivity contribution is 5.49. The fourth-order valence-electron chi connectivity index (χ4n) is 5.58. The maximum atomic E-state index is 10.8. The Hall–Kier alpha value is -2.88. The van der Waals surface area contributed by atoms with Crippen LogP contribution in [0.5, 0.6) is 17.2 Å². The van der Waals surface area contributed by atoms with Gasteiger partial charge in [0.15, 0.2) is 11.5 Å². The lowest BCUT2D eigenvalue weighted by atomic mass is 9.74. The molecule has 4 atom stereocenters. The van der Waals surface area contributed by atoms with Crippen molar-refractivity contribution in [2.45, 2.75) is 45.6 Å². The Bertz CT molecular complexity index is 1040. The van der Waals surface area contributed by atoms with Gasteiger partial charge in [-0.25, -0.2) is 0 Å². The first kappa shape index (κ1) is 26.2. The molecule has 1 N–H and O–H groups in total. The number of hydrogen-bond acceptors (Lipinski definition) is 8. The summed E-state index contributed by atoms with van der Waals surface area (Å²) < 4.78 is 22.3. The number of nitro benzene ring substituents is 1. The molecule has 2 aliphatic heterocycles. The lowest BCUT2D eigenvalue weighted by molar-refractivity contribution is -0.384. The Morgan fingerprint density at radius 3 is 2.44 bits per heavy atom. The minimum Gasteiger partial charge on any atom is -0.493 e. The summed E-state index contributed by atoms with van der Waals surface area (Å²) >= 11 is 0. The van der Waals surface area contributed by atoms with Crippen LogP contribution in [0.15, 0.2) is 36.4 Å². The minimum absolute atomic E-state index is 0.0388. The number of hydrogen-bond donors (Lipinski definition) is 1. The zero-order valence-electron chi connectivity index (χ0n) is 21.4. The molecule has 2 aromatic rings. The van der Waals surface area contributed by atoms with Crippen LogP contribution in [0.3, 0.4) is 0 Å². The van der Waals surface area contributed by atoms with E-state index in [1.54, 1.807) is 14.2 Å². The summed E-state index contributed by atoms with van der Waals surface area (Å²) in [5.74, 6) is 3.03. The third-order valence-electron chi connectivity index (χ3n) is 7.29. The predicted octanol–water partition coefficient (Wildman–Crippen LogP) is 4.56. The molecule has 0 bridgehead atoms. The van der Waals surface area contributed by atoms with Crippen LogP contribution in [-0.2, 0) is 11.2 Å². The molecule has 36 heavy (non-hydrogen) atoms. The number of aliphatic hydroxyl groups excluding tert-OH is 1. The Balaban J connectivity index is 1.46. The molecule has 9 heteroatoms. The fourth-order valence-corrected chi connectivity index (χ4v) is 5.58. The van der Waals surface area contributed by atoms with Gasteiger partial charge in [0.2, 0.25) is 0 Å². The first-order chi connectivity index (χ1) is 17.3. The average Bonchev–Trinajstić information content (AvgIpc) is 2.86. The number of rotatable bonds is 10. The van der Waals surface area contributed by atoms with Crippen molar-refractivity contribution in [1.29, 1.82) is 0 Å². The van der Waals surface area contributed by atoms with E-state index in [2.05, 4.69) is 30.9 Å². The number of ether oxygens (including phenoxy) is 4. The molecule has 0 saturated carbocycles. The quantitative estimate of drug-likeness (QED) is 0.288. The average molecular weight is 501 g/mol. The van der Waals surface area contributed by atoms with E-state index < -0.39 is 11.4 Å². The lowest BCUT2D eigenvalue weighted by Crippen LogP contribution is -2.47. The molecule has 0 aliphatic carbocycles. The summed E-state index contributed by atoms with van der Waals surface area (Å²) in [4.78, 5) is 12.9. The Labute approximate surface area is 212 Å². The molecule has 9 nitrogen and oxygen atoms in total. The van der Waals surface area contributed by atoms with E-state index in [0.29, 0.717) is 24.2 Å². The van der Waals surface area contributed by atoms with Gasteiger partial charge in [-0.15, -0.1) is 0 Å². The van der Waals surface area contributed by atoms with Crippen LogP contribution in [-0.4, -0.2) is 55.3 Å². The molecular formula is C27H36N2O7. The number of aliphatic hydroxyl groups is 1. The highest BCUT2D eigenvalue weighted by Gasteiger charge is 2.39. The predicted molar refractivity (Wildman–Crippen MR) is 134 cm³/mol. The molecule has 2 heterocycles. The molecule has 2 aliphatic rings. The zero-order chi connectivity index (χ0) is 25.8. The van der Waals surface area contributed by atoms with Gasteiger partial charge < -0.3 is 24.1 Å². The molecule has 196 valence electrons. The van der Waals surface area contributed by atoms with Gasteiger partial charge in [-0.2, -0.15) is 0 Å². The van der Waals surface area contributed by atoms with E-state index in [0.717, 1.165) is 43.9 Å². The van der Waals surface area contributed by atoms with E-state index in [4.69, 9.17) is 18.9 Å². The molecule has 0 spiro atoms. The van der Waals surface area contributed by atoms with Crippen molar-refractivity contribution in [2.24, 2.45) is 17.8 Å². The molecule has 4 rings (SSSR count). The molecule has 0 radical (unpaired) electrons. The second kappa shape index (κ2) is 11.5. The number of fused-ring (bicyclic) bond motifs is 3. The molecule has 2 aromatic carbocycles. The number of non-ortho nitro benzene ring substituents is 1. The molecule has 1 unspecified atom stereocenters. The van der Waals surface area contributed by atoms with E-state index in [9.17, 15) is 15.2 Å². The van der Waals surface area contributed by atoms with Gasteiger partial charge in [-0.05, 0) is 72.4 Å². The minimum atomic E-state index is -1.45. The lowest BCUT2D eigenvalue weighted by Gasteiger charge is -2.47. The highest BCUT2D eigenvalue weighted by Crippen LogP contribution is 2.45. The van der Waals surface area contributed by atoms with Crippen LogP contribution in [0.2, 0.25) is 0 Å². The van der Waals surface area contributed by atoms with Crippen molar-refractivity contribution in [2.75, 3.05) is 33.9 Å². The third kappa shape index (κ3) is 5.91. The van der Waals surface area contributed by atoms with E-state index >= 15 is 0 Å². The maximum absolute atomic E-state index is 10.8. The highest BCUT2D eigenvalue weighted by atomic mass is 16.8. The first-order valence-electron chi connectivity index (χ1n) is 12.5. The van der Waals surface area contributed by atoms with Crippen molar-refractivity contribution < 1.29 is 29.0 Å². The third-order valence-corrected chi connectivity index (χ3v) is 7.29. The van der Waals surface area contributed by atoms with Crippen LogP contribution in [0, 0.1) is 27.9 Å². The summed E-state index contributed by atoms with van der Waals surface area (Å²) in [7, 11) is 3.32. The van der Waals surface area contributed by atoms with Gasteiger partial charge in [0.1, 0.15) is 5.75 Å². The van der Waals surface area contributed by atoms with Crippen LogP contribution in [0.1, 0.15) is 43.9 Å². The normalized spacial score (nSPS) is 22.4. The largest absolute Gasteiger partial charge is 0.493 e. The molecule has 1 fully saturated rings. The standard InChI is InChI=1S/C27H36N2O7/c1-17(2)11-19-15-28-10-9-18-13-25(33-3)26(34-4)14-23(18)24(28)12-20(19)16-35-27(30)36-22-7-5-21(6-8-22)29(31)32/h5-8,13-14,17,19-20,24,27,30H,9-12,15-16H2,1-4H3/t19-,20+,24-,27?/m1/s1. The summed E-state index contributed by atoms with van der Waals surface area (Å²) in [6, 6.07) is 10.0. The molecule has 1 saturated heterocycles. The topological polar surface area (TPSA) is 104 Å². The van der Waals surface area contributed by atoms with E-state index in [-0.39, 0.29) is 17.6 Å². The number of nitro groups is 1. The zero-order valence-corrected chi connectivity index (χ0v) is 21.4. The summed E-state index contributed by atoms with van der Waals surface area (Å²) in [5, 5.41) is 21.2. The Morgan fingerprint density at radius 1 is 1.11 bits per heavy atom. The SMILES string of the molecule is COc1cc2c(cc1OC)[C@H]1C[C@@H](COC(O)Oc3ccc([N+](=O)[O-])cc3)[C@H](CC(C)C)CN1CC2. The summed E-state index contributed by atoms with van der Waals surface area (Å²) in [6.07, 6.45) is 2.96. The fraction of sp³-hybridized carbons (Fsp3) is 0.556. The monoisotopic (exact) mass is 500 g/mol. The number of piperidine rings is 1. The van der Waals surface area contributed by atoms with Gasteiger partial charge in [0.05, 0.1) is 25.7 Å². The van der Waals surface area contributed by atoms with Gasteiger partial charge in [-0.3, -0.25) is 15.0 Å². The van der Waals surface area contributed by atoms with Crippen molar-refractivity contribution in [3.8, 4) is 17.2 Å². The Kier molecular flexibility index (Phi) is 8.33. The van der Waals surface area contributed by atoms with Gasteiger partial charge >= 0.3 is 6.48 Å². The van der Waals surface area contributed by atoms with Crippen LogP contribution < -0.4 is 14.2 Å². The van der Waals surface area contributed by atoms with Gasteiger partial charge in [0, 0.05) is 31.3 Å². The summed E-state index contributed by atoms with van der Waals surface area (Å²) in [5.41, 5.74) is 2.52. The maximum Gasteiger partial charge on any atom is 0.313 e. The number of benzene rings is 2. The molecular weight excluding hydrogens is 464 g/mol. The van der Waals surface area contributed by atoms with Crippen LogP contribution in [0.4, 0.5) is 5.69 Å². The Morgan fingerprint density at radius 2 is 1.81 bits per heavy atom. The molecule has 0 aromatic heterocycles. The number of nitrogens with zero attached hydrogens (tertiary/aromatic N) is 2. The van der Waals surface area contributed by atoms with Crippen LogP contribution in [0.25, 0.3) is 0 Å². The van der Waals surface area contributed by atoms with E-state index in [1.165, 1.54) is 35.4 Å². The van der Waals surface area contributed by atoms with Crippen molar-refractivity contribution in [3.63, 3.8) is 0 Å². The van der Waals surface area contributed by atoms with Gasteiger partial charge in [0.25, 0.3) is 5.69 Å². The van der Waals surface area contributed by atoms with Crippen molar-refractivity contribution in [3.05, 3.63) is 57.6 Å². The van der Waals surface area contributed by atoms with Crippen molar-refractivity contribution >= 4 is 5.69 Å². The smallest absolute Gasteiger partial charge is 0.313 e.